The average Bonchev–Trinajstić information content (AvgIpc) is 2.94. The second-order valence-corrected chi connectivity index (χ2v) is 6.73. The van der Waals surface area contributed by atoms with E-state index in [-0.39, 0.29) is 17.1 Å². The van der Waals surface area contributed by atoms with Gasteiger partial charge in [0.2, 0.25) is 0 Å². The van der Waals surface area contributed by atoms with Gasteiger partial charge in [-0.1, -0.05) is 28.9 Å². The molecule has 3 aliphatic carbocycles. The Morgan fingerprint density at radius 2 is 2.19 bits per heavy atom. The molecule has 0 aromatic heterocycles. The number of ketones is 1. The third-order valence-electron chi connectivity index (χ3n) is 5.01. The molecule has 86 valence electrons. The van der Waals surface area contributed by atoms with Crippen molar-refractivity contribution in [1.29, 1.82) is 0 Å². The van der Waals surface area contributed by atoms with Crippen molar-refractivity contribution in [1.82, 2.24) is 0 Å². The summed E-state index contributed by atoms with van der Waals surface area (Å²) < 4.78 is 12.3. The van der Waals surface area contributed by atoms with Crippen molar-refractivity contribution in [3.8, 4) is 0 Å². The van der Waals surface area contributed by atoms with Gasteiger partial charge in [0.1, 0.15) is 0 Å². The number of carbonyl (C=O) groups is 1. The van der Waals surface area contributed by atoms with E-state index in [4.69, 9.17) is 9.47 Å². The number of halogens is 1. The lowest BCUT2D eigenvalue weighted by molar-refractivity contribution is -0.145. The Bertz CT molecular complexity index is 440. The molecule has 1 saturated carbocycles. The highest BCUT2D eigenvalue weighted by atomic mass is 79.9. The Balaban J connectivity index is 1.98. The first-order valence-electron chi connectivity index (χ1n) is 5.69. The van der Waals surface area contributed by atoms with Gasteiger partial charge in [-0.15, -0.1) is 0 Å². The summed E-state index contributed by atoms with van der Waals surface area (Å²) in [6.45, 7) is 3.99. The van der Waals surface area contributed by atoms with Crippen LogP contribution in [0.25, 0.3) is 0 Å². The SMILES string of the molecule is C[C@@]12COC[C@]13C=C(Br)C(C2)[C@@]1(CO1)C3=O. The molecule has 5 aliphatic rings. The summed E-state index contributed by atoms with van der Waals surface area (Å²) in [6, 6.07) is 0. The summed E-state index contributed by atoms with van der Waals surface area (Å²) in [6.07, 6.45) is 3.10. The van der Waals surface area contributed by atoms with E-state index < -0.39 is 11.0 Å². The Morgan fingerprint density at radius 3 is 2.88 bits per heavy atom. The molecular formula is C12H13BrO3. The van der Waals surface area contributed by atoms with Crippen LogP contribution in [0.2, 0.25) is 0 Å². The van der Waals surface area contributed by atoms with Gasteiger partial charge in [0, 0.05) is 11.3 Å². The van der Waals surface area contributed by atoms with Crippen LogP contribution in [-0.4, -0.2) is 31.2 Å². The van der Waals surface area contributed by atoms with Crippen molar-refractivity contribution in [2.45, 2.75) is 18.9 Å². The van der Waals surface area contributed by atoms with Crippen molar-refractivity contribution in [2.75, 3.05) is 19.8 Å². The van der Waals surface area contributed by atoms with E-state index in [1.165, 1.54) is 0 Å². The fraction of sp³-hybridized carbons (Fsp3) is 0.750. The topological polar surface area (TPSA) is 38.8 Å². The van der Waals surface area contributed by atoms with Crippen molar-refractivity contribution in [3.63, 3.8) is 0 Å². The van der Waals surface area contributed by atoms with Gasteiger partial charge < -0.3 is 9.47 Å². The summed E-state index contributed by atoms with van der Waals surface area (Å²) in [7, 11) is 0. The number of hydrogen-bond acceptors (Lipinski definition) is 3. The second-order valence-electron chi connectivity index (χ2n) is 5.82. The van der Waals surface area contributed by atoms with E-state index in [2.05, 4.69) is 28.9 Å². The van der Waals surface area contributed by atoms with Crippen LogP contribution in [0.1, 0.15) is 13.3 Å². The predicted molar refractivity (Wildman–Crippen MR) is 60.2 cm³/mol. The molecule has 2 saturated heterocycles. The fourth-order valence-electron chi connectivity index (χ4n) is 3.82. The highest BCUT2D eigenvalue weighted by Gasteiger charge is 2.76. The third kappa shape index (κ3) is 0.783. The van der Waals surface area contributed by atoms with Crippen LogP contribution in [0.15, 0.2) is 10.6 Å². The molecule has 0 aromatic carbocycles. The van der Waals surface area contributed by atoms with Gasteiger partial charge >= 0.3 is 0 Å². The molecule has 2 spiro atoms. The van der Waals surface area contributed by atoms with E-state index in [9.17, 15) is 4.79 Å². The standard InChI is InChI=1S/C12H13BrO3/c1-10-2-7-8(13)3-11(10,5-15-4-10)9(14)12(7)6-16-12/h3,7H,2,4-6H2,1H3/t7?,10-,11+,12+/m1/s1. The predicted octanol–water partition coefficient (Wildman–Crippen LogP) is 1.66. The smallest absolute Gasteiger partial charge is 0.180 e. The van der Waals surface area contributed by atoms with Gasteiger partial charge in [0.05, 0.1) is 25.2 Å². The van der Waals surface area contributed by atoms with Crippen molar-refractivity contribution < 1.29 is 14.3 Å². The largest absolute Gasteiger partial charge is 0.379 e. The Morgan fingerprint density at radius 1 is 1.44 bits per heavy atom. The minimum atomic E-state index is -0.499. The zero-order valence-electron chi connectivity index (χ0n) is 9.09. The minimum absolute atomic E-state index is 0.0246. The first-order valence-corrected chi connectivity index (χ1v) is 6.48. The molecule has 5 rings (SSSR count). The number of hydrogen-bond donors (Lipinski definition) is 0. The van der Waals surface area contributed by atoms with Crippen molar-refractivity contribution in [3.05, 3.63) is 10.6 Å². The molecular weight excluding hydrogens is 272 g/mol. The quantitative estimate of drug-likeness (QED) is 0.635. The van der Waals surface area contributed by atoms with Crippen LogP contribution in [0.4, 0.5) is 0 Å². The van der Waals surface area contributed by atoms with Crippen LogP contribution in [0.3, 0.4) is 0 Å². The number of Topliss-reactive ketones (excluding diaryl/α,β-unsaturated/α-hetero) is 1. The van der Waals surface area contributed by atoms with Gasteiger partial charge in [-0.05, 0) is 10.9 Å². The minimum Gasteiger partial charge on any atom is -0.379 e. The highest BCUT2D eigenvalue weighted by Crippen LogP contribution is 2.67. The lowest BCUT2D eigenvalue weighted by Gasteiger charge is -2.52. The molecule has 1 unspecified atom stereocenters. The highest BCUT2D eigenvalue weighted by molar-refractivity contribution is 9.11. The summed E-state index contributed by atoms with van der Waals surface area (Å²) in [5.74, 6) is 0.480. The molecule has 2 heterocycles. The third-order valence-corrected chi connectivity index (χ3v) is 5.79. The van der Waals surface area contributed by atoms with Gasteiger partial charge in [0.15, 0.2) is 11.4 Å². The van der Waals surface area contributed by atoms with Crippen molar-refractivity contribution in [2.24, 2.45) is 16.7 Å². The van der Waals surface area contributed by atoms with Crippen LogP contribution >= 0.6 is 15.9 Å². The molecule has 3 fully saturated rings. The monoisotopic (exact) mass is 284 g/mol. The summed E-state index contributed by atoms with van der Waals surface area (Å²) in [5, 5.41) is 0. The molecule has 0 N–H and O–H groups in total. The summed E-state index contributed by atoms with van der Waals surface area (Å²) in [5.41, 5.74) is -0.957. The zero-order valence-corrected chi connectivity index (χ0v) is 10.7. The molecule has 2 bridgehead atoms. The Kier molecular flexibility index (Phi) is 1.51. The maximum atomic E-state index is 12.7. The van der Waals surface area contributed by atoms with Crippen LogP contribution in [-0.2, 0) is 14.3 Å². The molecule has 4 atom stereocenters. The molecule has 0 amide bonds. The number of epoxide rings is 1. The summed E-state index contributed by atoms with van der Waals surface area (Å²) in [4.78, 5) is 12.7. The van der Waals surface area contributed by atoms with Crippen LogP contribution in [0.5, 0.6) is 0 Å². The lowest BCUT2D eigenvalue weighted by atomic mass is 9.49. The van der Waals surface area contributed by atoms with E-state index in [0.29, 0.717) is 19.8 Å². The molecule has 4 heteroatoms. The Hall–Kier alpha value is -0.190. The average molecular weight is 285 g/mol. The number of carbonyl (C=O) groups excluding carboxylic acids is 1. The molecule has 0 radical (unpaired) electrons. The maximum absolute atomic E-state index is 12.7. The number of ether oxygens (including phenoxy) is 2. The lowest BCUT2D eigenvalue weighted by Crippen LogP contribution is -2.61. The molecule has 2 aliphatic heterocycles. The van der Waals surface area contributed by atoms with Gasteiger partial charge in [-0.2, -0.15) is 0 Å². The molecule has 3 nitrogen and oxygen atoms in total. The van der Waals surface area contributed by atoms with Crippen LogP contribution in [0, 0.1) is 16.7 Å². The first-order chi connectivity index (χ1) is 7.54. The fourth-order valence-corrected chi connectivity index (χ4v) is 4.74. The number of rotatable bonds is 0. The first kappa shape index (κ1) is 9.80. The normalized spacial score (nSPS) is 57.8. The maximum Gasteiger partial charge on any atom is 0.180 e. The molecule has 0 aromatic rings. The van der Waals surface area contributed by atoms with Crippen LogP contribution < -0.4 is 0 Å². The van der Waals surface area contributed by atoms with Gasteiger partial charge in [-0.25, -0.2) is 0 Å². The second kappa shape index (κ2) is 2.47. The van der Waals surface area contributed by atoms with E-state index in [0.717, 1.165) is 10.9 Å². The van der Waals surface area contributed by atoms with Crippen molar-refractivity contribution >= 4 is 21.7 Å². The zero-order chi connectivity index (χ0) is 11.2. The van der Waals surface area contributed by atoms with Gasteiger partial charge in [0.25, 0.3) is 0 Å². The van der Waals surface area contributed by atoms with E-state index in [1.54, 1.807) is 0 Å². The summed E-state index contributed by atoms with van der Waals surface area (Å²) >= 11 is 3.62. The Labute approximate surface area is 102 Å². The van der Waals surface area contributed by atoms with E-state index >= 15 is 0 Å². The van der Waals surface area contributed by atoms with E-state index in [1.807, 2.05) is 0 Å². The van der Waals surface area contributed by atoms with Gasteiger partial charge in [-0.3, -0.25) is 4.79 Å². The molecule has 16 heavy (non-hydrogen) atoms.